The van der Waals surface area contributed by atoms with Crippen molar-refractivity contribution in [2.45, 2.75) is 19.0 Å². The molecule has 0 unspecified atom stereocenters. The topological polar surface area (TPSA) is 72.7 Å². The van der Waals surface area contributed by atoms with Gasteiger partial charge < -0.3 is 9.64 Å². The number of carbonyl (C=O) groups is 1. The lowest BCUT2D eigenvalue weighted by Crippen LogP contribution is -2.40. The van der Waals surface area contributed by atoms with E-state index < -0.39 is 34.2 Å². The summed E-state index contributed by atoms with van der Waals surface area (Å²) in [5.41, 5.74) is -1.85. The number of nitro groups is 1. The number of benzene rings is 1. The average molecular weight is 332 g/mol. The molecule has 23 heavy (non-hydrogen) atoms. The van der Waals surface area contributed by atoms with Gasteiger partial charge in [-0.3, -0.25) is 14.9 Å². The second-order valence-corrected chi connectivity index (χ2v) is 5.26. The predicted molar refractivity (Wildman–Crippen MR) is 75.1 cm³/mol. The van der Waals surface area contributed by atoms with Crippen LogP contribution in [-0.2, 0) is 15.7 Å². The minimum absolute atomic E-state index is 0.0908. The number of hydrogen-bond donors (Lipinski definition) is 0. The largest absolute Gasteiger partial charge is 0.469 e. The summed E-state index contributed by atoms with van der Waals surface area (Å²) >= 11 is 0. The number of piperidine rings is 1. The van der Waals surface area contributed by atoms with Crippen LogP contribution in [-0.4, -0.2) is 31.1 Å². The van der Waals surface area contributed by atoms with Crippen LogP contribution in [0.1, 0.15) is 18.4 Å². The number of anilines is 1. The van der Waals surface area contributed by atoms with Gasteiger partial charge in [-0.25, -0.2) is 0 Å². The van der Waals surface area contributed by atoms with Crippen molar-refractivity contribution in [3.8, 4) is 0 Å². The molecule has 0 amide bonds. The number of rotatable bonds is 3. The van der Waals surface area contributed by atoms with Gasteiger partial charge in [0, 0.05) is 30.9 Å². The van der Waals surface area contributed by atoms with Crippen LogP contribution in [0.4, 0.5) is 24.5 Å². The van der Waals surface area contributed by atoms with E-state index in [-0.39, 0.29) is 12.2 Å². The summed E-state index contributed by atoms with van der Waals surface area (Å²) in [6, 6.07) is 2.64. The monoisotopic (exact) mass is 332 g/mol. The fraction of sp³-hybridized carbons (Fsp3) is 0.500. The third kappa shape index (κ3) is 3.72. The minimum Gasteiger partial charge on any atom is -0.469 e. The molecule has 1 aromatic rings. The summed E-state index contributed by atoms with van der Waals surface area (Å²) in [5, 5.41) is 10.7. The number of carbonyl (C=O) groups excluding carboxylic acids is 1. The highest BCUT2D eigenvalue weighted by Crippen LogP contribution is 2.40. The Labute approximate surface area is 130 Å². The van der Waals surface area contributed by atoms with Crippen LogP contribution in [0, 0.1) is 16.0 Å². The van der Waals surface area contributed by atoms with E-state index in [1.54, 1.807) is 0 Å². The highest BCUT2D eigenvalue weighted by Gasteiger charge is 2.38. The zero-order valence-electron chi connectivity index (χ0n) is 12.3. The Bertz CT molecular complexity index is 619. The van der Waals surface area contributed by atoms with E-state index in [1.165, 1.54) is 12.0 Å². The Morgan fingerprint density at radius 1 is 1.43 bits per heavy atom. The van der Waals surface area contributed by atoms with E-state index in [2.05, 4.69) is 4.74 Å². The molecule has 0 aliphatic carbocycles. The number of nitrogens with zero attached hydrogens (tertiary/aromatic N) is 2. The first-order valence-corrected chi connectivity index (χ1v) is 6.92. The van der Waals surface area contributed by atoms with Gasteiger partial charge in [0.2, 0.25) is 0 Å². The quantitative estimate of drug-likeness (QED) is 0.483. The first kappa shape index (κ1) is 17.0. The maximum absolute atomic E-state index is 13.2. The van der Waals surface area contributed by atoms with E-state index in [4.69, 9.17) is 0 Å². The molecule has 0 radical (unpaired) electrons. The van der Waals surface area contributed by atoms with Crippen molar-refractivity contribution in [3.63, 3.8) is 0 Å². The van der Waals surface area contributed by atoms with Gasteiger partial charge in [-0.2, -0.15) is 13.2 Å². The van der Waals surface area contributed by atoms with E-state index in [9.17, 15) is 28.1 Å². The Kier molecular flexibility index (Phi) is 4.76. The molecule has 0 saturated carbocycles. The van der Waals surface area contributed by atoms with Crippen LogP contribution in [0.5, 0.6) is 0 Å². The number of esters is 1. The molecular formula is C14H15F3N2O4. The SMILES string of the molecule is COC(=O)[C@H]1CCCN(c2ccc([N+](=O)[O-])cc2C(F)(F)F)C1. The number of methoxy groups -OCH3 is 1. The third-order valence-electron chi connectivity index (χ3n) is 3.79. The van der Waals surface area contributed by atoms with Gasteiger partial charge in [0.05, 0.1) is 23.5 Å². The summed E-state index contributed by atoms with van der Waals surface area (Å²) in [7, 11) is 1.23. The van der Waals surface area contributed by atoms with Crippen molar-refractivity contribution >= 4 is 17.3 Å². The Balaban J connectivity index is 2.38. The number of halogens is 3. The van der Waals surface area contributed by atoms with Gasteiger partial charge in [0.25, 0.3) is 5.69 Å². The van der Waals surface area contributed by atoms with Crippen molar-refractivity contribution in [1.29, 1.82) is 0 Å². The van der Waals surface area contributed by atoms with Crippen molar-refractivity contribution < 1.29 is 27.6 Å². The molecule has 9 heteroatoms. The highest BCUT2D eigenvalue weighted by molar-refractivity contribution is 5.74. The number of hydrogen-bond acceptors (Lipinski definition) is 5. The third-order valence-corrected chi connectivity index (χ3v) is 3.79. The molecule has 6 nitrogen and oxygen atoms in total. The maximum atomic E-state index is 13.2. The van der Waals surface area contributed by atoms with E-state index >= 15 is 0 Å². The molecule has 126 valence electrons. The van der Waals surface area contributed by atoms with Crippen molar-refractivity contribution in [2.24, 2.45) is 5.92 Å². The van der Waals surface area contributed by atoms with Crippen molar-refractivity contribution in [1.82, 2.24) is 0 Å². The van der Waals surface area contributed by atoms with E-state index in [0.29, 0.717) is 25.5 Å². The normalized spacial score (nSPS) is 18.6. The second kappa shape index (κ2) is 6.43. The Morgan fingerprint density at radius 3 is 2.70 bits per heavy atom. The van der Waals surface area contributed by atoms with Crippen LogP contribution < -0.4 is 4.90 Å². The van der Waals surface area contributed by atoms with E-state index in [0.717, 1.165) is 12.1 Å². The molecular weight excluding hydrogens is 317 g/mol. The highest BCUT2D eigenvalue weighted by atomic mass is 19.4. The lowest BCUT2D eigenvalue weighted by atomic mass is 9.96. The zero-order chi connectivity index (χ0) is 17.2. The van der Waals surface area contributed by atoms with Gasteiger partial charge in [-0.15, -0.1) is 0 Å². The van der Waals surface area contributed by atoms with Crippen LogP contribution >= 0.6 is 0 Å². The first-order valence-electron chi connectivity index (χ1n) is 6.92. The molecule has 0 aromatic heterocycles. The van der Waals surface area contributed by atoms with Crippen molar-refractivity contribution in [2.75, 3.05) is 25.1 Å². The van der Waals surface area contributed by atoms with Gasteiger partial charge in [-0.05, 0) is 18.9 Å². The van der Waals surface area contributed by atoms with Crippen LogP contribution in [0.25, 0.3) is 0 Å². The fourth-order valence-corrected chi connectivity index (χ4v) is 2.70. The molecule has 1 fully saturated rings. The lowest BCUT2D eigenvalue weighted by Gasteiger charge is -2.34. The smallest absolute Gasteiger partial charge is 0.418 e. The summed E-state index contributed by atoms with van der Waals surface area (Å²) in [6.45, 7) is 0.432. The van der Waals surface area contributed by atoms with Gasteiger partial charge >= 0.3 is 12.1 Å². The summed E-state index contributed by atoms with van der Waals surface area (Å²) in [4.78, 5) is 22.9. The number of ether oxygens (including phenoxy) is 1. The predicted octanol–water partition coefficient (Wildman–Crippen LogP) is 3.00. The number of non-ortho nitro benzene ring substituents is 1. The second-order valence-electron chi connectivity index (χ2n) is 5.26. The van der Waals surface area contributed by atoms with Crippen molar-refractivity contribution in [3.05, 3.63) is 33.9 Å². The molecule has 2 rings (SSSR count). The Morgan fingerprint density at radius 2 is 2.13 bits per heavy atom. The summed E-state index contributed by atoms with van der Waals surface area (Å²) in [6.07, 6.45) is -3.65. The maximum Gasteiger partial charge on any atom is 0.418 e. The minimum atomic E-state index is -4.72. The van der Waals surface area contributed by atoms with Crippen LogP contribution in [0.3, 0.4) is 0 Å². The molecule has 1 aromatic carbocycles. The number of alkyl halides is 3. The molecule has 0 spiro atoms. The molecule has 1 saturated heterocycles. The molecule has 0 N–H and O–H groups in total. The molecule has 1 aliphatic heterocycles. The fourth-order valence-electron chi connectivity index (χ4n) is 2.70. The van der Waals surface area contributed by atoms with Gasteiger partial charge in [0.15, 0.2) is 0 Å². The van der Waals surface area contributed by atoms with Gasteiger partial charge in [0.1, 0.15) is 0 Å². The molecule has 0 bridgehead atoms. The van der Waals surface area contributed by atoms with E-state index in [1.807, 2.05) is 0 Å². The first-order chi connectivity index (χ1) is 10.7. The average Bonchev–Trinajstić information content (AvgIpc) is 2.52. The Hall–Kier alpha value is -2.32. The summed E-state index contributed by atoms with van der Waals surface area (Å²) < 4.78 is 44.3. The molecule has 1 aliphatic rings. The van der Waals surface area contributed by atoms with Crippen LogP contribution in [0.2, 0.25) is 0 Å². The zero-order valence-corrected chi connectivity index (χ0v) is 12.3. The molecule has 1 heterocycles. The standard InChI is InChI=1S/C14H15F3N2O4/c1-23-13(20)9-3-2-6-18(8-9)12-5-4-10(19(21)22)7-11(12)14(15,16)17/h4-5,7,9H,2-3,6,8H2,1H3/t9-/m0/s1. The van der Waals surface area contributed by atoms with Gasteiger partial charge in [-0.1, -0.05) is 0 Å². The molecule has 1 atom stereocenters. The lowest BCUT2D eigenvalue weighted by molar-refractivity contribution is -0.385. The number of nitro benzene ring substituents is 1. The van der Waals surface area contributed by atoms with Crippen LogP contribution in [0.15, 0.2) is 18.2 Å². The summed E-state index contributed by atoms with van der Waals surface area (Å²) in [5.74, 6) is -0.977.